The first-order valence-corrected chi connectivity index (χ1v) is 8.15. The first-order valence-electron chi connectivity index (χ1n) is 5.79. The predicted molar refractivity (Wildman–Crippen MR) is 70.0 cm³/mol. The summed E-state index contributed by atoms with van der Waals surface area (Å²) in [6.07, 6.45) is 2.29. The number of carboxylic acids is 1. The third-order valence-corrected chi connectivity index (χ3v) is 5.70. The molecule has 6 nitrogen and oxygen atoms in total. The molecule has 0 spiro atoms. The lowest BCUT2D eigenvalue weighted by Gasteiger charge is -2.12. The minimum Gasteiger partial charge on any atom is -0.477 e. The zero-order valence-electron chi connectivity index (χ0n) is 10.3. The molecule has 2 unspecified atom stereocenters. The standard InChI is InChI=1S/C11H15NO5S2/c1-17-8-3-2-7(4-8)12-19(15,16)9-5-10(11(13)14)18-6-9/h5-8,12H,2-4H2,1H3,(H,13,14). The number of carbonyl (C=O) groups is 1. The van der Waals surface area contributed by atoms with Crippen LogP contribution in [0, 0.1) is 0 Å². The van der Waals surface area contributed by atoms with Crippen molar-refractivity contribution in [2.45, 2.75) is 36.3 Å². The molecule has 2 atom stereocenters. The van der Waals surface area contributed by atoms with Crippen molar-refractivity contribution in [2.75, 3.05) is 7.11 Å². The predicted octanol–water partition coefficient (Wildman–Crippen LogP) is 1.29. The fraction of sp³-hybridized carbons (Fsp3) is 0.545. The number of carboxylic acid groups (broad SMARTS) is 1. The summed E-state index contributed by atoms with van der Waals surface area (Å²) in [5.74, 6) is -1.12. The van der Waals surface area contributed by atoms with E-state index in [2.05, 4.69) is 4.72 Å². The van der Waals surface area contributed by atoms with Crippen LogP contribution in [0.4, 0.5) is 0 Å². The summed E-state index contributed by atoms with van der Waals surface area (Å²) in [5, 5.41) is 10.1. The zero-order chi connectivity index (χ0) is 14.0. The molecule has 0 radical (unpaired) electrons. The summed E-state index contributed by atoms with van der Waals surface area (Å²) in [6.45, 7) is 0. The lowest BCUT2D eigenvalue weighted by Crippen LogP contribution is -2.33. The van der Waals surface area contributed by atoms with Crippen molar-refractivity contribution in [3.05, 3.63) is 16.3 Å². The number of rotatable bonds is 5. The number of thiophene rings is 1. The molecule has 1 saturated carbocycles. The second-order valence-electron chi connectivity index (χ2n) is 4.44. The summed E-state index contributed by atoms with van der Waals surface area (Å²) in [5.41, 5.74) is 0. The smallest absolute Gasteiger partial charge is 0.345 e. The van der Waals surface area contributed by atoms with Crippen molar-refractivity contribution < 1.29 is 23.1 Å². The van der Waals surface area contributed by atoms with Crippen LogP contribution < -0.4 is 4.72 Å². The van der Waals surface area contributed by atoms with Crippen molar-refractivity contribution in [3.8, 4) is 0 Å². The van der Waals surface area contributed by atoms with Gasteiger partial charge in [-0.15, -0.1) is 11.3 Å². The summed E-state index contributed by atoms with van der Waals surface area (Å²) in [6, 6.07) is 1.03. The van der Waals surface area contributed by atoms with E-state index in [9.17, 15) is 13.2 Å². The highest BCUT2D eigenvalue weighted by Crippen LogP contribution is 2.25. The van der Waals surface area contributed by atoms with Gasteiger partial charge in [0.25, 0.3) is 0 Å². The molecule has 106 valence electrons. The van der Waals surface area contributed by atoms with Crippen LogP contribution in [0.3, 0.4) is 0 Å². The molecule has 1 aliphatic carbocycles. The van der Waals surface area contributed by atoms with Crippen molar-refractivity contribution in [1.29, 1.82) is 0 Å². The highest BCUT2D eigenvalue weighted by molar-refractivity contribution is 7.89. The maximum absolute atomic E-state index is 12.1. The van der Waals surface area contributed by atoms with E-state index in [0.29, 0.717) is 6.42 Å². The van der Waals surface area contributed by atoms with Gasteiger partial charge < -0.3 is 9.84 Å². The lowest BCUT2D eigenvalue weighted by molar-refractivity contribution is 0.0702. The molecule has 0 aromatic carbocycles. The Hall–Kier alpha value is -0.960. The maximum Gasteiger partial charge on any atom is 0.345 e. The van der Waals surface area contributed by atoms with Gasteiger partial charge in [0.1, 0.15) is 4.88 Å². The Morgan fingerprint density at radius 2 is 2.26 bits per heavy atom. The van der Waals surface area contributed by atoms with Gasteiger partial charge in [0, 0.05) is 18.5 Å². The summed E-state index contributed by atoms with van der Waals surface area (Å²) in [7, 11) is -2.04. The summed E-state index contributed by atoms with van der Waals surface area (Å²) < 4.78 is 31.9. The van der Waals surface area contributed by atoms with Crippen molar-refractivity contribution in [1.82, 2.24) is 4.72 Å². The summed E-state index contributed by atoms with van der Waals surface area (Å²) in [4.78, 5) is 10.8. The van der Waals surface area contributed by atoms with Crippen LogP contribution in [0.15, 0.2) is 16.3 Å². The highest BCUT2D eigenvalue weighted by Gasteiger charge is 2.29. The van der Waals surface area contributed by atoms with Crippen LogP contribution in [0.1, 0.15) is 28.9 Å². The quantitative estimate of drug-likeness (QED) is 0.855. The zero-order valence-corrected chi connectivity index (χ0v) is 12.0. The SMILES string of the molecule is COC1CCC(NS(=O)(=O)c2csc(C(=O)O)c2)C1. The monoisotopic (exact) mass is 305 g/mol. The molecule has 1 fully saturated rings. The van der Waals surface area contributed by atoms with Gasteiger partial charge in [0.15, 0.2) is 0 Å². The topological polar surface area (TPSA) is 92.7 Å². The van der Waals surface area contributed by atoms with Gasteiger partial charge in [0.05, 0.1) is 11.0 Å². The third-order valence-electron chi connectivity index (χ3n) is 3.14. The lowest BCUT2D eigenvalue weighted by atomic mass is 10.3. The minimum atomic E-state index is -3.65. The van der Waals surface area contributed by atoms with E-state index in [1.165, 1.54) is 11.4 Å². The van der Waals surface area contributed by atoms with Crippen molar-refractivity contribution in [2.24, 2.45) is 0 Å². The number of aromatic carboxylic acids is 1. The van der Waals surface area contributed by atoms with Gasteiger partial charge in [-0.2, -0.15) is 0 Å². The summed E-state index contributed by atoms with van der Waals surface area (Å²) >= 11 is 0.904. The fourth-order valence-electron chi connectivity index (χ4n) is 2.12. The normalized spacial score (nSPS) is 23.6. The van der Waals surface area contributed by atoms with E-state index < -0.39 is 16.0 Å². The largest absolute Gasteiger partial charge is 0.477 e. The molecular formula is C11H15NO5S2. The molecule has 2 N–H and O–H groups in total. The van der Waals surface area contributed by atoms with E-state index in [1.54, 1.807) is 7.11 Å². The van der Waals surface area contributed by atoms with Gasteiger partial charge in [-0.1, -0.05) is 0 Å². The first-order chi connectivity index (χ1) is 8.92. The van der Waals surface area contributed by atoms with Gasteiger partial charge in [-0.3, -0.25) is 0 Å². The molecule has 1 aromatic heterocycles. The highest BCUT2D eigenvalue weighted by atomic mass is 32.2. The van der Waals surface area contributed by atoms with E-state index in [4.69, 9.17) is 9.84 Å². The Bertz CT molecular complexity index is 565. The Kier molecular flexibility index (Phi) is 4.24. The van der Waals surface area contributed by atoms with Crippen LogP contribution >= 0.6 is 11.3 Å². The van der Waals surface area contributed by atoms with Crippen LogP contribution in [0.2, 0.25) is 0 Å². The Morgan fingerprint density at radius 1 is 1.53 bits per heavy atom. The van der Waals surface area contributed by atoms with Crippen LogP contribution in [-0.4, -0.2) is 38.7 Å². The second kappa shape index (κ2) is 5.58. The first kappa shape index (κ1) is 14.4. The van der Waals surface area contributed by atoms with Gasteiger partial charge in [0.2, 0.25) is 10.0 Å². The van der Waals surface area contributed by atoms with Crippen molar-refractivity contribution in [3.63, 3.8) is 0 Å². The van der Waals surface area contributed by atoms with Crippen LogP contribution in [0.25, 0.3) is 0 Å². The van der Waals surface area contributed by atoms with E-state index in [1.807, 2.05) is 0 Å². The molecule has 1 aromatic rings. The Labute approximate surface area is 115 Å². The number of sulfonamides is 1. The minimum absolute atomic E-state index is 0.00997. The van der Waals surface area contributed by atoms with E-state index >= 15 is 0 Å². The fourth-order valence-corrected chi connectivity index (χ4v) is 4.52. The number of nitrogens with one attached hydrogen (secondary N) is 1. The van der Waals surface area contributed by atoms with E-state index in [-0.39, 0.29) is 21.9 Å². The van der Waals surface area contributed by atoms with Gasteiger partial charge in [-0.05, 0) is 25.3 Å². The second-order valence-corrected chi connectivity index (χ2v) is 7.07. The molecular weight excluding hydrogens is 290 g/mol. The Morgan fingerprint density at radius 3 is 2.79 bits per heavy atom. The molecule has 1 aliphatic rings. The number of hydrogen-bond donors (Lipinski definition) is 2. The molecule has 0 bridgehead atoms. The van der Waals surface area contributed by atoms with Crippen LogP contribution in [0.5, 0.6) is 0 Å². The molecule has 0 amide bonds. The molecule has 1 heterocycles. The molecule has 2 rings (SSSR count). The number of methoxy groups -OCH3 is 1. The molecule has 0 aliphatic heterocycles. The van der Waals surface area contributed by atoms with Crippen LogP contribution in [-0.2, 0) is 14.8 Å². The maximum atomic E-state index is 12.1. The molecule has 8 heteroatoms. The Balaban J connectivity index is 2.08. The number of hydrogen-bond acceptors (Lipinski definition) is 5. The average molecular weight is 305 g/mol. The average Bonchev–Trinajstić information content (AvgIpc) is 2.95. The molecule has 0 saturated heterocycles. The van der Waals surface area contributed by atoms with Crippen molar-refractivity contribution >= 4 is 27.3 Å². The molecule has 19 heavy (non-hydrogen) atoms. The number of ether oxygens (including phenoxy) is 1. The van der Waals surface area contributed by atoms with E-state index in [0.717, 1.165) is 24.2 Å². The van der Waals surface area contributed by atoms with Gasteiger partial charge in [-0.25, -0.2) is 17.9 Å². The van der Waals surface area contributed by atoms with Gasteiger partial charge >= 0.3 is 5.97 Å². The third kappa shape index (κ3) is 3.33.